The van der Waals surface area contributed by atoms with Gasteiger partial charge in [-0.3, -0.25) is 4.79 Å². The highest BCUT2D eigenvalue weighted by atomic mass is 32.2. The number of thioether (sulfide) groups is 1. The Labute approximate surface area is 277 Å². The van der Waals surface area contributed by atoms with Gasteiger partial charge in [0.2, 0.25) is 21.1 Å². The molecule has 0 aromatic carbocycles. The zero-order chi connectivity index (χ0) is 31.6. The van der Waals surface area contributed by atoms with Crippen LogP contribution in [0.2, 0.25) is 0 Å². The summed E-state index contributed by atoms with van der Waals surface area (Å²) in [6.07, 6.45) is 32.4. The fraction of sp³-hybridized carbons (Fsp3) is 0.600. The van der Waals surface area contributed by atoms with Crippen molar-refractivity contribution in [2.45, 2.75) is 156 Å². The van der Waals surface area contributed by atoms with Crippen LogP contribution < -0.4 is 5.11 Å². The summed E-state index contributed by atoms with van der Waals surface area (Å²) in [7, 11) is 0. The molecule has 0 atom stereocenters. The van der Waals surface area contributed by atoms with E-state index in [9.17, 15) is 9.90 Å². The van der Waals surface area contributed by atoms with E-state index in [0.29, 0.717) is 11.1 Å². The van der Waals surface area contributed by atoms with Gasteiger partial charge < -0.3 is 5.11 Å². The van der Waals surface area contributed by atoms with Crippen LogP contribution in [-0.2, 0) is 17.6 Å². The Kier molecular flexibility index (Phi) is 17.4. The minimum Gasteiger partial charge on any atom is -0.871 e. The number of hydrogen-bond donors (Lipinski definition) is 0. The third-order valence-electron chi connectivity index (χ3n) is 8.54. The monoisotopic (exact) mass is 634 g/mol. The first-order valence-corrected chi connectivity index (χ1v) is 19.6. The van der Waals surface area contributed by atoms with E-state index in [-0.39, 0.29) is 11.5 Å². The van der Waals surface area contributed by atoms with Gasteiger partial charge in [-0.1, -0.05) is 122 Å². The molecule has 0 unspecified atom stereocenters. The summed E-state index contributed by atoms with van der Waals surface area (Å²) < 4.78 is 0. The number of allylic oxidation sites excluding steroid dienone is 8. The summed E-state index contributed by atoms with van der Waals surface area (Å²) in [5, 5.41) is 13.3. The third-order valence-corrected chi connectivity index (χ3v) is 10.9. The Hall–Kier alpha value is -1.91. The van der Waals surface area contributed by atoms with Crippen LogP contribution in [0.4, 0.5) is 0 Å². The molecule has 0 fully saturated rings. The minimum atomic E-state index is -0.0990. The predicted molar refractivity (Wildman–Crippen MR) is 194 cm³/mol. The van der Waals surface area contributed by atoms with E-state index >= 15 is 0 Å². The molecule has 0 N–H and O–H groups in total. The quantitative estimate of drug-likeness (QED) is 0.0724. The van der Waals surface area contributed by atoms with Crippen LogP contribution >= 0.6 is 23.1 Å². The van der Waals surface area contributed by atoms with Crippen molar-refractivity contribution in [3.05, 3.63) is 78.0 Å². The number of hydrogen-bond acceptors (Lipinski definition) is 3. The maximum Gasteiger partial charge on any atom is 0.218 e. The van der Waals surface area contributed by atoms with Gasteiger partial charge in [0.05, 0.1) is 0 Å². The Morgan fingerprint density at radius 1 is 0.636 bits per heavy atom. The summed E-state index contributed by atoms with van der Waals surface area (Å²) >= 11 is 3.84. The smallest absolute Gasteiger partial charge is 0.218 e. The van der Waals surface area contributed by atoms with Crippen molar-refractivity contribution in [3.63, 3.8) is 0 Å². The first-order chi connectivity index (χ1) is 21.5. The molecule has 0 amide bonds. The summed E-state index contributed by atoms with van der Waals surface area (Å²) in [6.45, 7) is 8.99. The zero-order valence-corrected chi connectivity index (χ0v) is 29.9. The number of Topliss-reactive ketones (excluding diaryl/α,β-unsaturated/α-hetero) is 1. The van der Waals surface area contributed by atoms with Gasteiger partial charge in [-0.2, -0.15) is 0 Å². The lowest BCUT2D eigenvalue weighted by molar-refractivity contribution is -0.300. The molecule has 0 radical (unpaired) electrons. The van der Waals surface area contributed by atoms with Crippen molar-refractivity contribution in [3.8, 4) is 0 Å². The van der Waals surface area contributed by atoms with Crippen LogP contribution in [0.25, 0.3) is 6.08 Å². The predicted octanol–water partition coefficient (Wildman–Crippen LogP) is 12.2. The lowest BCUT2D eigenvalue weighted by Gasteiger charge is -2.29. The fourth-order valence-corrected chi connectivity index (χ4v) is 8.31. The average molecular weight is 635 g/mol. The van der Waals surface area contributed by atoms with Crippen LogP contribution in [0, 0.1) is 0 Å². The lowest BCUT2D eigenvalue weighted by Crippen LogP contribution is -2.29. The number of rotatable bonds is 22. The molecule has 2 heterocycles. The second-order valence-corrected chi connectivity index (χ2v) is 15.2. The van der Waals surface area contributed by atoms with Crippen molar-refractivity contribution in [2.75, 3.05) is 0 Å². The van der Waals surface area contributed by atoms with Crippen LogP contribution in [0.5, 0.6) is 0 Å². The van der Waals surface area contributed by atoms with Crippen LogP contribution in [0.1, 0.15) is 159 Å². The first-order valence-electron chi connectivity index (χ1n) is 17.9. The molecule has 1 aliphatic heterocycles. The van der Waals surface area contributed by atoms with Crippen molar-refractivity contribution in [1.29, 1.82) is 0 Å². The maximum absolute atomic E-state index is 13.3. The normalized spacial score (nSPS) is 16.0. The molecule has 1 aromatic heterocycles. The Morgan fingerprint density at radius 2 is 1.09 bits per heavy atom. The summed E-state index contributed by atoms with van der Waals surface area (Å²) in [6, 6.07) is 4.44. The topological polar surface area (TPSA) is 40.1 Å². The molecule has 0 spiro atoms. The van der Waals surface area contributed by atoms with E-state index in [0.717, 1.165) is 36.8 Å². The van der Waals surface area contributed by atoms with Gasteiger partial charge in [0, 0.05) is 36.1 Å². The van der Waals surface area contributed by atoms with Crippen LogP contribution in [0.3, 0.4) is 0 Å². The number of aryl methyl sites for hydroxylation is 2. The van der Waals surface area contributed by atoms with Crippen molar-refractivity contribution in [2.24, 2.45) is 0 Å². The molecule has 0 bridgehead atoms. The van der Waals surface area contributed by atoms with Gasteiger partial charge in [-0.25, -0.2) is 0 Å². The molecule has 4 heteroatoms. The van der Waals surface area contributed by atoms with Gasteiger partial charge in [0.1, 0.15) is 0 Å². The SMILES string of the molecule is CCCCCCC1=CC(=CC2=C([O-])C(=Cc3cc(CCCCCC)[s+]c(CCCCCC)c3)C2=O)C=C(CCCCCC)S1. The van der Waals surface area contributed by atoms with E-state index < -0.39 is 0 Å². The molecular formula is C40H58O2S2. The van der Waals surface area contributed by atoms with Crippen LogP contribution in [-0.4, -0.2) is 5.78 Å². The maximum atomic E-state index is 13.3. The molecule has 242 valence electrons. The van der Waals surface area contributed by atoms with Crippen LogP contribution in [0.15, 0.2) is 62.6 Å². The Morgan fingerprint density at radius 3 is 1.52 bits per heavy atom. The average Bonchev–Trinajstić information content (AvgIpc) is 3.03. The molecule has 44 heavy (non-hydrogen) atoms. The van der Waals surface area contributed by atoms with Gasteiger partial charge in [-0.05, 0) is 83.8 Å². The highest BCUT2D eigenvalue weighted by Crippen LogP contribution is 2.40. The molecule has 2 aliphatic rings. The number of ketones is 1. The van der Waals surface area contributed by atoms with E-state index in [4.69, 9.17) is 0 Å². The van der Waals surface area contributed by atoms with Crippen molar-refractivity contribution < 1.29 is 9.90 Å². The minimum absolute atomic E-state index is 0.0990. The Bertz CT molecular complexity index is 1150. The molecule has 3 rings (SSSR count). The van der Waals surface area contributed by atoms with Gasteiger partial charge in [0.15, 0.2) is 5.78 Å². The number of carbonyl (C=O) groups excluding carboxylic acids is 1. The van der Waals surface area contributed by atoms with E-state index in [2.05, 4.69) is 52.0 Å². The molecular weight excluding hydrogens is 577 g/mol. The van der Waals surface area contributed by atoms with Crippen molar-refractivity contribution in [1.82, 2.24) is 0 Å². The summed E-state index contributed by atoms with van der Waals surface area (Å²) in [5.74, 6) is -0.198. The second-order valence-electron chi connectivity index (χ2n) is 12.7. The molecule has 1 aliphatic carbocycles. The number of carbonyl (C=O) groups is 1. The van der Waals surface area contributed by atoms with E-state index in [1.54, 1.807) is 0 Å². The fourth-order valence-electron chi connectivity index (χ4n) is 5.87. The third kappa shape index (κ3) is 12.5. The highest BCUT2D eigenvalue weighted by Gasteiger charge is 2.26. The zero-order valence-electron chi connectivity index (χ0n) is 28.2. The second kappa shape index (κ2) is 21.0. The van der Waals surface area contributed by atoms with Crippen molar-refractivity contribution >= 4 is 35.0 Å². The molecule has 1 aromatic rings. The Balaban J connectivity index is 1.81. The molecule has 0 saturated carbocycles. The van der Waals surface area contributed by atoms with E-state index in [1.807, 2.05) is 35.3 Å². The van der Waals surface area contributed by atoms with E-state index in [1.165, 1.54) is 122 Å². The highest BCUT2D eigenvalue weighted by molar-refractivity contribution is 8.06. The van der Waals surface area contributed by atoms with Gasteiger partial charge in [-0.15, -0.1) is 0 Å². The molecule has 2 nitrogen and oxygen atoms in total. The summed E-state index contributed by atoms with van der Waals surface area (Å²) in [4.78, 5) is 18.8. The summed E-state index contributed by atoms with van der Waals surface area (Å²) in [5.41, 5.74) is 2.72. The van der Waals surface area contributed by atoms with Gasteiger partial charge >= 0.3 is 0 Å². The number of unbranched alkanes of at least 4 members (excludes halogenated alkanes) is 12. The first kappa shape index (κ1) is 36.6. The van der Waals surface area contributed by atoms with Gasteiger partial charge in [0.25, 0.3) is 0 Å². The lowest BCUT2D eigenvalue weighted by atomic mass is 9.85. The largest absolute Gasteiger partial charge is 0.871 e. The molecule has 0 saturated heterocycles. The standard InChI is InChI=1S/C40H58O2S2/c1-5-9-13-17-21-33-25-31(26-34(43-33)22-18-14-10-6-2)29-37-39(41)38(40(37)42)30-32-27-35(23-19-15-11-7-3)44-36(28-32)24-20-16-12-8-4/h25-30H,5-24H2,1-4H3.